The fraction of sp³-hybridized carbons (Fsp3) is 1.00. The zero-order valence-electron chi connectivity index (χ0n) is 2.60. The van der Waals surface area contributed by atoms with Gasteiger partial charge in [0.25, 0.3) is 0 Å². The summed E-state index contributed by atoms with van der Waals surface area (Å²) in [5.41, 5.74) is 0. The Morgan fingerprint density at radius 2 is 2.00 bits per heavy atom. The fourth-order valence-corrected chi connectivity index (χ4v) is 0. The Balaban J connectivity index is 2.32. The maximum Gasteiger partial charge on any atom is 0.0132 e. The predicted octanol–water partition coefficient (Wildman–Crippen LogP) is 1.14. The third-order valence-electron chi connectivity index (χ3n) is 0. The zero-order chi connectivity index (χ0) is 3.58. The zero-order valence-corrected chi connectivity index (χ0v) is 4.65. The summed E-state index contributed by atoms with van der Waals surface area (Å²) >= 11 is 3.93. The first-order chi connectivity index (χ1) is 1.73. The molecular formula is C2H7PS. The highest BCUT2D eigenvalue weighted by Crippen LogP contribution is 1.98. The van der Waals surface area contributed by atoms with Crippen LogP contribution < -0.4 is 0 Å². The van der Waals surface area contributed by atoms with Crippen molar-refractivity contribution in [3.05, 3.63) is 0 Å². The van der Waals surface area contributed by atoms with Gasteiger partial charge >= 0.3 is 0 Å². The van der Waals surface area contributed by atoms with Crippen molar-refractivity contribution in [3.8, 4) is 0 Å². The summed E-state index contributed by atoms with van der Waals surface area (Å²) in [6.45, 7) is 1.99. The minimum atomic E-state index is 0.444. The van der Waals surface area contributed by atoms with Crippen LogP contribution in [0, 0.1) is 0 Å². The lowest BCUT2D eigenvalue weighted by Gasteiger charge is -1.78. The molecular weight excluding hydrogens is 87.1 g/mol. The van der Waals surface area contributed by atoms with Gasteiger partial charge in [-0.1, -0.05) is 6.92 Å². The molecule has 0 spiro atoms. The molecule has 1 unspecified atom stereocenters. The quantitative estimate of drug-likeness (QED) is 0.337. The van der Waals surface area contributed by atoms with Crippen LogP contribution in [0.2, 0.25) is 0 Å². The molecule has 0 aliphatic rings. The van der Waals surface area contributed by atoms with Crippen LogP contribution in [0.25, 0.3) is 0 Å². The average molecular weight is 94.1 g/mol. The summed E-state index contributed by atoms with van der Waals surface area (Å²) in [5, 5.41) is 0. The largest absolute Gasteiger partial charge is 0.172 e. The predicted molar refractivity (Wildman–Crippen MR) is 28.2 cm³/mol. The molecule has 2 atom stereocenters. The molecule has 0 aliphatic heterocycles. The molecule has 0 aromatic heterocycles. The van der Waals surface area contributed by atoms with E-state index in [0.717, 1.165) is 0 Å². The van der Waals surface area contributed by atoms with E-state index in [2.05, 4.69) is 21.9 Å². The molecule has 0 bridgehead atoms. The smallest absolute Gasteiger partial charge is 0.0132 e. The van der Waals surface area contributed by atoms with Crippen LogP contribution >= 0.6 is 21.9 Å². The summed E-state index contributed by atoms with van der Waals surface area (Å²) < 4.78 is 0. The minimum absolute atomic E-state index is 0.444. The van der Waals surface area contributed by atoms with Crippen molar-refractivity contribution in [1.29, 1.82) is 0 Å². The Morgan fingerprint density at radius 3 is 2.00 bits per heavy atom. The monoisotopic (exact) mass is 94.0 g/mol. The first-order valence-electron chi connectivity index (χ1n) is 1.17. The van der Waals surface area contributed by atoms with E-state index in [1.165, 1.54) is 0 Å². The molecule has 0 nitrogen and oxygen atoms in total. The second kappa shape index (κ2) is 2.04. The lowest BCUT2D eigenvalue weighted by molar-refractivity contribution is 1.44. The van der Waals surface area contributed by atoms with Gasteiger partial charge in [0.1, 0.15) is 0 Å². The number of rotatable bonds is 0. The van der Waals surface area contributed by atoms with E-state index in [1.807, 2.05) is 6.92 Å². The van der Waals surface area contributed by atoms with E-state index in [9.17, 15) is 0 Å². The van der Waals surface area contributed by atoms with E-state index in [1.54, 1.807) is 0 Å². The van der Waals surface area contributed by atoms with Gasteiger partial charge in [0.2, 0.25) is 0 Å². The molecule has 0 N–H and O–H groups in total. The molecule has 0 heterocycles. The average Bonchev–Trinajstić information content (AvgIpc) is 0.811. The molecule has 0 rings (SSSR count). The van der Waals surface area contributed by atoms with Gasteiger partial charge in [-0.3, -0.25) is 0 Å². The second-order valence-corrected chi connectivity index (χ2v) is 3.12. The second-order valence-electron chi connectivity index (χ2n) is 0.741. The minimum Gasteiger partial charge on any atom is -0.172 e. The van der Waals surface area contributed by atoms with Crippen molar-refractivity contribution in [2.24, 2.45) is 0 Å². The Hall–Kier alpha value is 0.780. The van der Waals surface area contributed by atoms with Crippen molar-refractivity contribution in [1.82, 2.24) is 0 Å². The highest BCUT2D eigenvalue weighted by molar-refractivity contribution is 7.85. The number of hydrogen-bond acceptors (Lipinski definition) is 1. The fourth-order valence-electron chi connectivity index (χ4n) is 0. The third kappa shape index (κ3) is 14.5. The van der Waals surface area contributed by atoms with Crippen molar-refractivity contribution < 1.29 is 0 Å². The Labute approximate surface area is 34.6 Å². The Bertz CT molecular complexity index is 10.8. The van der Waals surface area contributed by atoms with Crippen LogP contribution in [-0.2, 0) is 0 Å². The molecule has 0 saturated carbocycles. The lowest BCUT2D eigenvalue weighted by Crippen LogP contribution is -1.62. The van der Waals surface area contributed by atoms with Gasteiger partial charge in [0.15, 0.2) is 0 Å². The molecule has 0 fully saturated rings. The van der Waals surface area contributed by atoms with Crippen LogP contribution in [0.15, 0.2) is 0 Å². The van der Waals surface area contributed by atoms with E-state index < -0.39 is 0 Å². The number of hydrogen-bond donors (Lipinski definition) is 1. The standard InChI is InChI=1S/C2H7PS/c1-2(3)4/h2,4H,3H2,1H3/t2-/m0/s1. The normalized spacial score (nSPS) is 15.8. The van der Waals surface area contributed by atoms with Crippen molar-refractivity contribution in [2.45, 2.75) is 11.9 Å². The summed E-state index contributed by atoms with van der Waals surface area (Å²) in [6, 6.07) is 0. The van der Waals surface area contributed by atoms with Gasteiger partial charge < -0.3 is 0 Å². The SMILES string of the molecule is C[C@@H](P)S. The maximum absolute atomic E-state index is 3.93. The maximum atomic E-state index is 3.93. The molecule has 26 valence electrons. The van der Waals surface area contributed by atoms with Crippen LogP contribution in [0.1, 0.15) is 6.92 Å². The lowest BCUT2D eigenvalue weighted by atomic mass is 11.0. The summed E-state index contributed by atoms with van der Waals surface area (Å²) in [7, 11) is 2.52. The van der Waals surface area contributed by atoms with Gasteiger partial charge in [0.05, 0.1) is 0 Å². The van der Waals surface area contributed by atoms with Gasteiger partial charge in [-0.25, -0.2) is 0 Å². The van der Waals surface area contributed by atoms with Gasteiger partial charge in [0, 0.05) is 4.99 Å². The Morgan fingerprint density at radius 1 is 2.00 bits per heavy atom. The van der Waals surface area contributed by atoms with E-state index in [4.69, 9.17) is 0 Å². The van der Waals surface area contributed by atoms with Crippen LogP contribution in [0.3, 0.4) is 0 Å². The third-order valence-corrected chi connectivity index (χ3v) is 0. The van der Waals surface area contributed by atoms with Gasteiger partial charge in [-0.15, -0.1) is 9.24 Å². The molecule has 0 amide bonds. The highest BCUT2D eigenvalue weighted by atomic mass is 32.1. The molecule has 2 heteroatoms. The topological polar surface area (TPSA) is 0 Å². The van der Waals surface area contributed by atoms with Gasteiger partial charge in [-0.2, -0.15) is 12.6 Å². The summed E-state index contributed by atoms with van der Waals surface area (Å²) in [5.74, 6) is 0. The van der Waals surface area contributed by atoms with Crippen LogP contribution in [0.4, 0.5) is 0 Å². The summed E-state index contributed by atoms with van der Waals surface area (Å²) in [6.07, 6.45) is 0. The molecule has 0 aliphatic carbocycles. The molecule has 0 aromatic rings. The van der Waals surface area contributed by atoms with Crippen molar-refractivity contribution >= 4 is 21.9 Å². The first-order valence-corrected chi connectivity index (χ1v) is 2.35. The van der Waals surface area contributed by atoms with E-state index in [-0.39, 0.29) is 0 Å². The first kappa shape index (κ1) is 4.78. The van der Waals surface area contributed by atoms with Crippen molar-refractivity contribution in [3.63, 3.8) is 0 Å². The van der Waals surface area contributed by atoms with Gasteiger partial charge in [-0.05, 0) is 0 Å². The Kier molecular flexibility index (Phi) is 2.44. The molecule has 0 aromatic carbocycles. The summed E-state index contributed by atoms with van der Waals surface area (Å²) in [4.78, 5) is 0.444. The molecule has 4 heavy (non-hydrogen) atoms. The van der Waals surface area contributed by atoms with E-state index in [0.29, 0.717) is 4.99 Å². The van der Waals surface area contributed by atoms with Crippen LogP contribution in [0.5, 0.6) is 0 Å². The van der Waals surface area contributed by atoms with E-state index >= 15 is 0 Å². The molecule has 0 saturated heterocycles. The highest BCUT2D eigenvalue weighted by Gasteiger charge is 1.68. The van der Waals surface area contributed by atoms with Crippen molar-refractivity contribution in [2.75, 3.05) is 0 Å². The van der Waals surface area contributed by atoms with Crippen LogP contribution in [-0.4, -0.2) is 4.99 Å². The molecule has 0 radical (unpaired) electrons. The number of thiol groups is 1.